The Bertz CT molecular complexity index is 2310. The zero-order valence-corrected chi connectivity index (χ0v) is 33.7. The van der Waals surface area contributed by atoms with E-state index in [1.807, 2.05) is 36.4 Å². The molecule has 19 nitrogen and oxygen atoms in total. The maximum absolute atomic E-state index is 14.6. The Morgan fingerprint density at radius 3 is 2.23 bits per heavy atom. The standard InChI is InChI=1S/C39H38N10O9S2/c1-3-47-18-19-48(33(54)32(47)53)37(57)41-28(23-14-16-27(51)17-15-23)31(52)42-39(40-22-50)35(56)49-29(26(20-59-36(39)49)21-60-38-43-44-45-46(38)2)34(55)58-30(24-10-6-4-7-11-24)25-12-8-5-9-13-25/h4-17,22,28,30,36,51H,3,18-21H2,1-2H3,(H,40,50)(H,41,57)(H,42,52)/t28?,36-,39+/m0/s1. The molecule has 3 aliphatic rings. The summed E-state index contributed by atoms with van der Waals surface area (Å²) < 4.78 is 7.69. The maximum Gasteiger partial charge on any atom is 0.356 e. The van der Waals surface area contributed by atoms with Crippen LogP contribution in [0.3, 0.4) is 0 Å². The summed E-state index contributed by atoms with van der Waals surface area (Å²) in [7, 11) is 1.65. The van der Waals surface area contributed by atoms with Crippen molar-refractivity contribution in [3.63, 3.8) is 0 Å². The van der Waals surface area contributed by atoms with E-state index >= 15 is 0 Å². The van der Waals surface area contributed by atoms with Crippen molar-refractivity contribution >= 4 is 65.6 Å². The number of piperazine rings is 1. The number of phenols is 1. The summed E-state index contributed by atoms with van der Waals surface area (Å²) in [6, 6.07) is 20.6. The number of rotatable bonds is 14. The van der Waals surface area contributed by atoms with Gasteiger partial charge in [0.25, 0.3) is 5.91 Å². The predicted molar refractivity (Wildman–Crippen MR) is 214 cm³/mol. The highest BCUT2D eigenvalue weighted by atomic mass is 32.2. The van der Waals surface area contributed by atoms with Gasteiger partial charge in [-0.15, -0.1) is 16.9 Å². The van der Waals surface area contributed by atoms with Crippen molar-refractivity contribution in [2.75, 3.05) is 31.1 Å². The Kier molecular flexibility index (Phi) is 12.2. The van der Waals surface area contributed by atoms with Crippen LogP contribution in [0.2, 0.25) is 0 Å². The van der Waals surface area contributed by atoms with Crippen molar-refractivity contribution in [1.29, 1.82) is 0 Å². The fourth-order valence-corrected chi connectivity index (χ4v) is 9.36. The van der Waals surface area contributed by atoms with Crippen molar-refractivity contribution in [2.24, 2.45) is 7.05 Å². The van der Waals surface area contributed by atoms with Crippen molar-refractivity contribution in [1.82, 2.24) is 50.9 Å². The number of esters is 1. The van der Waals surface area contributed by atoms with E-state index in [0.29, 0.717) is 26.8 Å². The number of nitrogens with zero attached hydrogens (tertiary/aromatic N) is 7. The van der Waals surface area contributed by atoms with Crippen LogP contribution < -0.4 is 16.0 Å². The van der Waals surface area contributed by atoms with Gasteiger partial charge in [0.1, 0.15) is 22.9 Å². The number of ether oxygens (including phenoxy) is 1. The molecule has 1 aromatic heterocycles. The number of fused-ring (bicyclic) bond motifs is 1. The number of tetrazole rings is 1. The first-order valence-corrected chi connectivity index (χ1v) is 20.6. The van der Waals surface area contributed by atoms with Gasteiger partial charge in [-0.3, -0.25) is 33.8 Å². The van der Waals surface area contributed by atoms with Crippen LogP contribution in [0, 0.1) is 0 Å². The van der Waals surface area contributed by atoms with E-state index in [0.717, 1.165) is 16.7 Å². The van der Waals surface area contributed by atoms with Crippen molar-refractivity contribution in [2.45, 2.75) is 35.3 Å². The molecule has 3 aliphatic heterocycles. The molecule has 60 heavy (non-hydrogen) atoms. The molecule has 2 saturated heterocycles. The largest absolute Gasteiger partial charge is 0.508 e. The molecule has 7 amide bonds. The third kappa shape index (κ3) is 8.00. The number of carbonyl (C=O) groups is 7. The van der Waals surface area contributed by atoms with Crippen molar-refractivity contribution in [3.8, 4) is 5.75 Å². The summed E-state index contributed by atoms with van der Waals surface area (Å²) in [5.74, 6) is -4.58. The lowest BCUT2D eigenvalue weighted by molar-refractivity contribution is -0.164. The minimum absolute atomic E-state index is 0.0753. The monoisotopic (exact) mass is 854 g/mol. The second-order valence-electron chi connectivity index (χ2n) is 13.6. The van der Waals surface area contributed by atoms with Crippen LogP contribution in [0.15, 0.2) is 101 Å². The molecule has 4 N–H and O–H groups in total. The van der Waals surface area contributed by atoms with E-state index in [2.05, 4.69) is 31.5 Å². The third-order valence-electron chi connectivity index (χ3n) is 10.0. The van der Waals surface area contributed by atoms with Crippen molar-refractivity contribution < 1.29 is 43.4 Å². The number of amides is 7. The highest BCUT2D eigenvalue weighted by Gasteiger charge is 2.66. The normalized spacial score (nSPS) is 19.4. The first-order chi connectivity index (χ1) is 29.0. The Balaban J connectivity index is 1.20. The summed E-state index contributed by atoms with van der Waals surface area (Å²) in [6.07, 6.45) is -0.649. The van der Waals surface area contributed by atoms with Gasteiger partial charge in [-0.2, -0.15) is 0 Å². The van der Waals surface area contributed by atoms with E-state index < -0.39 is 58.8 Å². The van der Waals surface area contributed by atoms with Crippen LogP contribution in [-0.4, -0.2) is 124 Å². The van der Waals surface area contributed by atoms with Gasteiger partial charge in [-0.1, -0.05) is 84.6 Å². The first-order valence-electron chi connectivity index (χ1n) is 18.5. The number of aromatic nitrogens is 4. The van der Waals surface area contributed by atoms with Gasteiger partial charge in [0.15, 0.2) is 6.10 Å². The average Bonchev–Trinajstić information content (AvgIpc) is 3.68. The zero-order chi connectivity index (χ0) is 42.6. The number of urea groups is 1. The van der Waals surface area contributed by atoms with Gasteiger partial charge in [0.05, 0.1) is 0 Å². The maximum atomic E-state index is 14.6. The number of nitrogens with one attached hydrogen (secondary N) is 3. The molecule has 0 spiro atoms. The number of likely N-dealkylation sites (N-methyl/N-ethyl adjacent to an activating group) is 1. The van der Waals surface area contributed by atoms with Crippen LogP contribution in [0.1, 0.15) is 35.8 Å². The molecule has 0 aliphatic carbocycles. The van der Waals surface area contributed by atoms with E-state index in [9.17, 15) is 38.7 Å². The lowest BCUT2D eigenvalue weighted by atomic mass is 9.94. The quantitative estimate of drug-likeness (QED) is 0.0349. The van der Waals surface area contributed by atoms with Gasteiger partial charge in [0, 0.05) is 38.2 Å². The lowest BCUT2D eigenvalue weighted by Crippen LogP contribution is -2.85. The summed E-state index contributed by atoms with van der Waals surface area (Å²) in [5.41, 5.74) is -0.289. The summed E-state index contributed by atoms with van der Waals surface area (Å²) in [6.45, 7) is 1.87. The van der Waals surface area contributed by atoms with Crippen LogP contribution in [-0.2, 0) is 40.6 Å². The molecule has 3 atom stereocenters. The number of benzene rings is 3. The Morgan fingerprint density at radius 1 is 0.967 bits per heavy atom. The third-order valence-corrected chi connectivity index (χ3v) is 12.5. The minimum atomic E-state index is -2.14. The van der Waals surface area contributed by atoms with Crippen LogP contribution >= 0.6 is 23.5 Å². The smallest absolute Gasteiger partial charge is 0.356 e. The van der Waals surface area contributed by atoms with Gasteiger partial charge < -0.3 is 30.7 Å². The molecular weight excluding hydrogens is 817 g/mol. The molecule has 4 heterocycles. The number of aromatic hydroxyl groups is 1. The van der Waals surface area contributed by atoms with E-state index in [1.54, 1.807) is 38.2 Å². The minimum Gasteiger partial charge on any atom is -0.508 e. The number of hydrogen-bond donors (Lipinski definition) is 4. The molecule has 0 bridgehead atoms. The molecule has 0 radical (unpaired) electrons. The number of hydrogen-bond acceptors (Lipinski definition) is 14. The van der Waals surface area contributed by atoms with E-state index in [4.69, 9.17) is 4.74 Å². The lowest BCUT2D eigenvalue weighted by Gasteiger charge is -2.56. The van der Waals surface area contributed by atoms with Gasteiger partial charge in [0.2, 0.25) is 23.1 Å². The van der Waals surface area contributed by atoms with Crippen LogP contribution in [0.25, 0.3) is 0 Å². The molecule has 4 aromatic rings. The summed E-state index contributed by atoms with van der Waals surface area (Å²) in [5, 5.41) is 28.4. The highest BCUT2D eigenvalue weighted by Crippen LogP contribution is 2.47. The van der Waals surface area contributed by atoms with Crippen LogP contribution in [0.4, 0.5) is 4.79 Å². The average molecular weight is 855 g/mol. The molecule has 3 aromatic carbocycles. The topological polar surface area (TPSA) is 238 Å². The molecule has 310 valence electrons. The van der Waals surface area contributed by atoms with E-state index in [-0.39, 0.29) is 54.6 Å². The Labute approximate surface area is 350 Å². The number of phenolic OH excluding ortho intramolecular Hbond substituents is 1. The van der Waals surface area contributed by atoms with Gasteiger partial charge >= 0.3 is 23.8 Å². The second-order valence-corrected chi connectivity index (χ2v) is 15.7. The molecule has 7 rings (SSSR count). The molecular formula is C39H38N10O9S2. The summed E-state index contributed by atoms with van der Waals surface area (Å²) >= 11 is 2.38. The van der Waals surface area contributed by atoms with E-state index in [1.165, 1.54) is 45.6 Å². The number of thioether (sulfide) groups is 2. The van der Waals surface area contributed by atoms with Gasteiger partial charge in [-0.25, -0.2) is 14.3 Å². The number of carbonyl (C=O) groups excluding carboxylic acids is 7. The fraction of sp³-hybridized carbons (Fsp3) is 0.282. The van der Waals surface area contributed by atoms with Gasteiger partial charge in [-0.05, 0) is 51.7 Å². The first kappa shape index (κ1) is 41.4. The molecule has 21 heteroatoms. The second kappa shape index (κ2) is 17.6. The Hall–Kier alpha value is -6.74. The number of imide groups is 1. The molecule has 0 saturated carbocycles. The zero-order valence-electron chi connectivity index (χ0n) is 32.1. The molecule has 2 fully saturated rings. The highest BCUT2D eigenvalue weighted by molar-refractivity contribution is 8.01. The number of aryl methyl sites for hydroxylation is 1. The van der Waals surface area contributed by atoms with Crippen molar-refractivity contribution in [3.05, 3.63) is 113 Å². The Morgan fingerprint density at radius 2 is 1.63 bits per heavy atom. The molecule has 1 unspecified atom stereocenters. The SMILES string of the molecule is CCN1CCN(C(=O)NC(C(=O)N[C@]2(NC=O)C(=O)N3C(C(=O)OC(c4ccccc4)c4ccccc4)=C(CSc4nnnn4C)CS[C@H]32)c2ccc(O)cc2)C(=O)C1=O. The predicted octanol–water partition coefficient (Wildman–Crippen LogP) is 1.21. The summed E-state index contributed by atoms with van der Waals surface area (Å²) in [4.78, 5) is 98.0. The number of β-lactam (4-membered cyclic amide) rings is 1. The fourth-order valence-electron chi connectivity index (χ4n) is 6.94. The van der Waals surface area contributed by atoms with Crippen LogP contribution in [0.5, 0.6) is 5.75 Å².